The van der Waals surface area contributed by atoms with Crippen molar-refractivity contribution in [3.8, 4) is 5.75 Å². The Kier molecular flexibility index (Phi) is 9.28. The molecule has 2 heterocycles. The standard InChI is InChI=1S/C20H25F3N4O2.HI/c21-20(22,23)29-16-8-6-15(7-9-16)13-25-19(24)26-14-17(18-5-4-12-28-18)27-10-2-1-3-11-27;/h4-9,12,17H,1-3,10-11,13-14H2,(H3,24,25,26);1H. The van der Waals surface area contributed by atoms with Crippen molar-refractivity contribution in [3.63, 3.8) is 0 Å². The van der Waals surface area contributed by atoms with Crippen LogP contribution >= 0.6 is 24.0 Å². The number of likely N-dealkylation sites (tertiary alicyclic amines) is 1. The third kappa shape index (κ3) is 7.71. The predicted octanol–water partition coefficient (Wildman–Crippen LogP) is 4.43. The molecule has 0 spiro atoms. The molecule has 30 heavy (non-hydrogen) atoms. The molecule has 1 aliphatic rings. The Hall–Kier alpha value is -1.95. The van der Waals surface area contributed by atoms with Gasteiger partial charge in [-0.05, 0) is 55.8 Å². The van der Waals surface area contributed by atoms with Gasteiger partial charge in [-0.3, -0.25) is 4.90 Å². The van der Waals surface area contributed by atoms with Gasteiger partial charge in [0, 0.05) is 6.54 Å². The fourth-order valence-corrected chi connectivity index (χ4v) is 3.35. The summed E-state index contributed by atoms with van der Waals surface area (Å²) >= 11 is 0. The molecule has 3 N–H and O–H groups in total. The second-order valence-corrected chi connectivity index (χ2v) is 6.90. The normalized spacial score (nSPS) is 16.6. The number of nitrogens with one attached hydrogen (secondary N) is 1. The van der Waals surface area contributed by atoms with Crippen LogP contribution in [0, 0.1) is 0 Å². The van der Waals surface area contributed by atoms with Gasteiger partial charge >= 0.3 is 6.36 Å². The van der Waals surface area contributed by atoms with Gasteiger partial charge < -0.3 is 20.2 Å². The molecule has 0 bridgehead atoms. The lowest BCUT2D eigenvalue weighted by atomic mass is 10.1. The first kappa shape index (κ1) is 24.3. The van der Waals surface area contributed by atoms with Gasteiger partial charge in [-0.25, -0.2) is 4.99 Å². The molecule has 3 rings (SSSR count). The molecule has 0 saturated carbocycles. The number of furan rings is 1. The molecule has 0 radical (unpaired) electrons. The van der Waals surface area contributed by atoms with E-state index in [9.17, 15) is 13.2 Å². The number of nitrogens with two attached hydrogens (primary N) is 1. The average molecular weight is 538 g/mol. The highest BCUT2D eigenvalue weighted by Gasteiger charge is 2.31. The maximum absolute atomic E-state index is 12.2. The molecule has 1 atom stereocenters. The largest absolute Gasteiger partial charge is 0.573 e. The summed E-state index contributed by atoms with van der Waals surface area (Å²) in [5, 5.41) is 3.13. The minimum Gasteiger partial charge on any atom is -0.468 e. The molecule has 1 fully saturated rings. The summed E-state index contributed by atoms with van der Waals surface area (Å²) in [5.41, 5.74) is 6.71. The number of alkyl halides is 3. The van der Waals surface area contributed by atoms with Crippen LogP contribution in [0.2, 0.25) is 0 Å². The maximum Gasteiger partial charge on any atom is 0.573 e. The Labute approximate surface area is 190 Å². The molecule has 6 nitrogen and oxygen atoms in total. The Morgan fingerprint density at radius 2 is 1.87 bits per heavy atom. The SMILES string of the molecule is I.NC(=NCc1ccc(OC(F)(F)F)cc1)NCC(c1ccco1)N1CCCCC1. The predicted molar refractivity (Wildman–Crippen MR) is 119 cm³/mol. The zero-order chi connectivity index (χ0) is 20.7. The van der Waals surface area contributed by atoms with Crippen LogP contribution in [0.4, 0.5) is 13.2 Å². The first-order valence-electron chi connectivity index (χ1n) is 9.56. The van der Waals surface area contributed by atoms with Crippen LogP contribution in [-0.4, -0.2) is 36.9 Å². The van der Waals surface area contributed by atoms with E-state index < -0.39 is 6.36 Å². The summed E-state index contributed by atoms with van der Waals surface area (Å²) in [5.74, 6) is 0.890. The molecule has 1 aliphatic heterocycles. The van der Waals surface area contributed by atoms with E-state index >= 15 is 0 Å². The molecular weight excluding hydrogens is 512 g/mol. The molecule has 166 valence electrons. The van der Waals surface area contributed by atoms with Crippen molar-refractivity contribution < 1.29 is 22.3 Å². The van der Waals surface area contributed by atoms with Crippen molar-refractivity contribution in [2.45, 2.75) is 38.2 Å². The van der Waals surface area contributed by atoms with Crippen LogP contribution in [0.3, 0.4) is 0 Å². The Morgan fingerprint density at radius 1 is 1.17 bits per heavy atom. The Bertz CT molecular complexity index is 776. The molecule has 10 heteroatoms. The monoisotopic (exact) mass is 538 g/mol. The average Bonchev–Trinajstić information content (AvgIpc) is 3.22. The molecule has 1 saturated heterocycles. The van der Waals surface area contributed by atoms with Crippen molar-refractivity contribution in [2.24, 2.45) is 10.7 Å². The van der Waals surface area contributed by atoms with E-state index in [1.807, 2.05) is 12.1 Å². The van der Waals surface area contributed by atoms with Crippen molar-refractivity contribution in [3.05, 3.63) is 54.0 Å². The van der Waals surface area contributed by atoms with Gasteiger partial charge in [0.15, 0.2) is 5.96 Å². The molecular formula is C20H26F3IN4O2. The summed E-state index contributed by atoms with van der Waals surface area (Å²) in [6.07, 6.45) is 0.525. The Morgan fingerprint density at radius 3 is 2.47 bits per heavy atom. The van der Waals surface area contributed by atoms with Crippen LogP contribution in [0.15, 0.2) is 52.1 Å². The smallest absolute Gasteiger partial charge is 0.468 e. The lowest BCUT2D eigenvalue weighted by Crippen LogP contribution is -2.42. The second-order valence-electron chi connectivity index (χ2n) is 6.90. The molecule has 1 unspecified atom stereocenters. The molecule has 0 amide bonds. The summed E-state index contributed by atoms with van der Waals surface area (Å²) in [6.45, 7) is 2.83. The van der Waals surface area contributed by atoms with E-state index in [1.165, 1.54) is 30.7 Å². The number of rotatable bonds is 7. The summed E-state index contributed by atoms with van der Waals surface area (Å²) in [6, 6.07) is 9.46. The van der Waals surface area contributed by atoms with Crippen molar-refractivity contribution in [2.75, 3.05) is 19.6 Å². The first-order chi connectivity index (χ1) is 13.9. The van der Waals surface area contributed by atoms with Gasteiger partial charge in [0.1, 0.15) is 11.5 Å². The van der Waals surface area contributed by atoms with Crippen LogP contribution in [0.5, 0.6) is 5.75 Å². The van der Waals surface area contributed by atoms with Crippen molar-refractivity contribution >= 4 is 29.9 Å². The van der Waals surface area contributed by atoms with E-state index in [1.54, 1.807) is 6.26 Å². The van der Waals surface area contributed by atoms with E-state index in [0.29, 0.717) is 6.54 Å². The lowest BCUT2D eigenvalue weighted by Gasteiger charge is -2.33. The molecule has 1 aromatic carbocycles. The fraction of sp³-hybridized carbons (Fsp3) is 0.450. The summed E-state index contributed by atoms with van der Waals surface area (Å²) < 4.78 is 46.1. The number of aliphatic imine (C=N–C) groups is 1. The second kappa shape index (κ2) is 11.4. The number of halogens is 4. The minimum absolute atomic E-state index is 0. The number of ether oxygens (including phenoxy) is 1. The fourth-order valence-electron chi connectivity index (χ4n) is 3.35. The summed E-state index contributed by atoms with van der Waals surface area (Å²) in [4.78, 5) is 6.65. The van der Waals surface area contributed by atoms with E-state index in [0.717, 1.165) is 37.3 Å². The number of hydrogen-bond donors (Lipinski definition) is 2. The van der Waals surface area contributed by atoms with E-state index in [4.69, 9.17) is 10.2 Å². The van der Waals surface area contributed by atoms with E-state index in [2.05, 4.69) is 19.9 Å². The van der Waals surface area contributed by atoms with Gasteiger partial charge in [-0.2, -0.15) is 0 Å². The molecule has 2 aromatic rings. The van der Waals surface area contributed by atoms with Crippen LogP contribution in [-0.2, 0) is 6.54 Å². The molecule has 0 aliphatic carbocycles. The third-order valence-corrected chi connectivity index (χ3v) is 4.77. The van der Waals surface area contributed by atoms with Crippen LogP contribution in [0.25, 0.3) is 0 Å². The number of hydrogen-bond acceptors (Lipinski definition) is 4. The van der Waals surface area contributed by atoms with Gasteiger partial charge in [-0.15, -0.1) is 37.1 Å². The highest BCUT2D eigenvalue weighted by atomic mass is 127. The quantitative estimate of drug-likeness (QED) is 0.310. The zero-order valence-electron chi connectivity index (χ0n) is 16.4. The van der Waals surface area contributed by atoms with Gasteiger partial charge in [0.2, 0.25) is 0 Å². The number of guanidine groups is 1. The Balaban J connectivity index is 0.00000320. The van der Waals surface area contributed by atoms with Crippen LogP contribution in [0.1, 0.15) is 36.6 Å². The minimum atomic E-state index is -4.70. The lowest BCUT2D eigenvalue weighted by molar-refractivity contribution is -0.274. The van der Waals surface area contributed by atoms with Crippen molar-refractivity contribution in [1.29, 1.82) is 0 Å². The maximum atomic E-state index is 12.2. The highest BCUT2D eigenvalue weighted by Crippen LogP contribution is 2.25. The number of benzene rings is 1. The first-order valence-corrected chi connectivity index (χ1v) is 9.56. The van der Waals surface area contributed by atoms with Gasteiger partial charge in [0.05, 0.1) is 18.8 Å². The van der Waals surface area contributed by atoms with Crippen LogP contribution < -0.4 is 15.8 Å². The topological polar surface area (TPSA) is 76.0 Å². The highest BCUT2D eigenvalue weighted by molar-refractivity contribution is 14.0. The zero-order valence-corrected chi connectivity index (χ0v) is 18.7. The van der Waals surface area contributed by atoms with E-state index in [-0.39, 0.29) is 48.3 Å². The molecule has 1 aromatic heterocycles. The van der Waals surface area contributed by atoms with Gasteiger partial charge in [-0.1, -0.05) is 18.6 Å². The third-order valence-electron chi connectivity index (χ3n) is 4.77. The van der Waals surface area contributed by atoms with Gasteiger partial charge in [0.25, 0.3) is 0 Å². The summed E-state index contributed by atoms with van der Waals surface area (Å²) in [7, 11) is 0. The van der Waals surface area contributed by atoms with Crippen molar-refractivity contribution in [1.82, 2.24) is 10.2 Å². The number of piperidine rings is 1. The number of nitrogens with zero attached hydrogens (tertiary/aromatic N) is 2.